The summed E-state index contributed by atoms with van der Waals surface area (Å²) in [5, 5.41) is 2.97. The molecule has 0 aliphatic heterocycles. The number of oxazole rings is 1. The van der Waals surface area contributed by atoms with E-state index in [0.29, 0.717) is 28.2 Å². The first kappa shape index (κ1) is 16.3. The van der Waals surface area contributed by atoms with Crippen LogP contribution in [0.15, 0.2) is 65.2 Å². The second-order valence-electron chi connectivity index (χ2n) is 5.87. The van der Waals surface area contributed by atoms with Gasteiger partial charge in [0.15, 0.2) is 5.58 Å². The van der Waals surface area contributed by atoms with Crippen molar-refractivity contribution in [2.24, 2.45) is 0 Å². The van der Waals surface area contributed by atoms with E-state index in [-0.39, 0.29) is 11.1 Å². The number of carbonyl (C=O) groups is 1. The molecule has 0 unspecified atom stereocenters. The molecule has 0 bridgehead atoms. The lowest BCUT2D eigenvalue weighted by Crippen LogP contribution is -2.12. The lowest BCUT2D eigenvalue weighted by molar-refractivity contribution is 0.102. The van der Waals surface area contributed by atoms with E-state index in [2.05, 4.69) is 15.3 Å². The molecule has 2 heterocycles. The Morgan fingerprint density at radius 3 is 2.81 bits per heavy atom. The van der Waals surface area contributed by atoms with Crippen molar-refractivity contribution >= 4 is 34.3 Å². The zero-order chi connectivity index (χ0) is 18.1. The highest BCUT2D eigenvalue weighted by Gasteiger charge is 2.13. The normalized spacial score (nSPS) is 10.8. The SMILES string of the molecule is Cc1cccc(-c2nc3cc(NC(=O)c4cccnc4Cl)ccc3o2)c1. The number of nitrogens with zero attached hydrogens (tertiary/aromatic N) is 2. The van der Waals surface area contributed by atoms with Gasteiger partial charge in [0.2, 0.25) is 5.89 Å². The van der Waals surface area contributed by atoms with Gasteiger partial charge in [0.05, 0.1) is 5.56 Å². The van der Waals surface area contributed by atoms with Crippen LogP contribution in [0.25, 0.3) is 22.6 Å². The van der Waals surface area contributed by atoms with Crippen molar-refractivity contribution in [2.45, 2.75) is 6.92 Å². The second-order valence-corrected chi connectivity index (χ2v) is 6.22. The standard InChI is InChI=1S/C20H14ClN3O2/c1-12-4-2-5-13(10-12)20-24-16-11-14(7-8-17(16)26-20)23-19(25)15-6-3-9-22-18(15)21/h2-11H,1H3,(H,23,25). The van der Waals surface area contributed by atoms with Gasteiger partial charge in [-0.2, -0.15) is 0 Å². The molecule has 0 spiro atoms. The maximum absolute atomic E-state index is 12.4. The Hall–Kier alpha value is -3.18. The molecule has 0 radical (unpaired) electrons. The van der Waals surface area contributed by atoms with Crippen molar-refractivity contribution in [3.63, 3.8) is 0 Å². The summed E-state index contributed by atoms with van der Waals surface area (Å²) >= 11 is 5.97. The summed E-state index contributed by atoms with van der Waals surface area (Å²) in [6, 6.07) is 16.5. The molecule has 4 aromatic rings. The van der Waals surface area contributed by atoms with Crippen molar-refractivity contribution in [3.8, 4) is 11.5 Å². The van der Waals surface area contributed by atoms with Gasteiger partial charge in [0.1, 0.15) is 10.7 Å². The second kappa shape index (κ2) is 6.61. The van der Waals surface area contributed by atoms with Gasteiger partial charge in [-0.1, -0.05) is 29.3 Å². The summed E-state index contributed by atoms with van der Waals surface area (Å²) in [5.74, 6) is 0.215. The monoisotopic (exact) mass is 363 g/mol. The molecule has 0 saturated carbocycles. The van der Waals surface area contributed by atoms with Crippen molar-refractivity contribution in [1.82, 2.24) is 9.97 Å². The Morgan fingerprint density at radius 2 is 2.00 bits per heavy atom. The Labute approximate surface area is 154 Å². The van der Waals surface area contributed by atoms with Crippen LogP contribution in [0.5, 0.6) is 0 Å². The molecule has 4 rings (SSSR count). The fourth-order valence-electron chi connectivity index (χ4n) is 2.66. The predicted molar refractivity (Wildman–Crippen MR) is 101 cm³/mol. The molecule has 0 aliphatic rings. The third-order valence-corrected chi connectivity index (χ3v) is 4.22. The van der Waals surface area contributed by atoms with Crippen LogP contribution in [-0.2, 0) is 0 Å². The Kier molecular flexibility index (Phi) is 4.14. The number of hydrogen-bond donors (Lipinski definition) is 1. The van der Waals surface area contributed by atoms with E-state index >= 15 is 0 Å². The molecular weight excluding hydrogens is 350 g/mol. The van der Waals surface area contributed by atoms with E-state index in [0.717, 1.165) is 11.1 Å². The van der Waals surface area contributed by atoms with Gasteiger partial charge in [-0.15, -0.1) is 0 Å². The number of hydrogen-bond acceptors (Lipinski definition) is 4. The third kappa shape index (κ3) is 3.17. The van der Waals surface area contributed by atoms with E-state index in [4.69, 9.17) is 16.0 Å². The highest BCUT2D eigenvalue weighted by Crippen LogP contribution is 2.27. The minimum atomic E-state index is -0.329. The third-order valence-electron chi connectivity index (χ3n) is 3.91. The number of pyridine rings is 1. The smallest absolute Gasteiger partial charge is 0.258 e. The number of carbonyl (C=O) groups excluding carboxylic acids is 1. The fourth-order valence-corrected chi connectivity index (χ4v) is 2.87. The number of amides is 1. The van der Waals surface area contributed by atoms with E-state index < -0.39 is 0 Å². The minimum Gasteiger partial charge on any atom is -0.436 e. The molecule has 26 heavy (non-hydrogen) atoms. The lowest BCUT2D eigenvalue weighted by atomic mass is 10.1. The topological polar surface area (TPSA) is 68.0 Å². The van der Waals surface area contributed by atoms with Crippen molar-refractivity contribution < 1.29 is 9.21 Å². The average molecular weight is 364 g/mol. The summed E-state index contributed by atoms with van der Waals surface area (Å²) in [5.41, 5.74) is 4.27. The van der Waals surface area contributed by atoms with Crippen LogP contribution in [0.1, 0.15) is 15.9 Å². The Bertz CT molecular complexity index is 1120. The minimum absolute atomic E-state index is 0.161. The summed E-state index contributed by atoms with van der Waals surface area (Å²) in [4.78, 5) is 20.8. The first-order chi connectivity index (χ1) is 12.6. The average Bonchev–Trinajstić information content (AvgIpc) is 3.05. The molecule has 2 aromatic heterocycles. The van der Waals surface area contributed by atoms with E-state index in [1.165, 1.54) is 6.20 Å². The first-order valence-corrected chi connectivity index (χ1v) is 8.37. The molecule has 0 fully saturated rings. The Morgan fingerprint density at radius 1 is 1.12 bits per heavy atom. The molecule has 6 heteroatoms. The van der Waals surface area contributed by atoms with Crippen LogP contribution in [0.3, 0.4) is 0 Å². The number of fused-ring (bicyclic) bond motifs is 1. The predicted octanol–water partition coefficient (Wildman–Crippen LogP) is 5.10. The van der Waals surface area contributed by atoms with E-state index in [1.807, 2.05) is 31.2 Å². The van der Waals surface area contributed by atoms with Gasteiger partial charge >= 0.3 is 0 Å². The fraction of sp³-hybridized carbons (Fsp3) is 0.0500. The van der Waals surface area contributed by atoms with Crippen molar-refractivity contribution in [3.05, 3.63) is 77.1 Å². The van der Waals surface area contributed by atoms with Gasteiger partial charge in [-0.3, -0.25) is 4.79 Å². The molecule has 1 N–H and O–H groups in total. The number of aromatic nitrogens is 2. The number of aryl methyl sites for hydroxylation is 1. The number of halogens is 1. The maximum Gasteiger partial charge on any atom is 0.258 e. The lowest BCUT2D eigenvalue weighted by Gasteiger charge is -2.05. The first-order valence-electron chi connectivity index (χ1n) is 8.00. The van der Waals surface area contributed by atoms with Gasteiger partial charge < -0.3 is 9.73 Å². The summed E-state index contributed by atoms with van der Waals surface area (Å²) < 4.78 is 5.82. The van der Waals surface area contributed by atoms with E-state index in [9.17, 15) is 4.79 Å². The molecule has 0 aliphatic carbocycles. The van der Waals surface area contributed by atoms with Gasteiger partial charge in [0, 0.05) is 17.4 Å². The molecule has 2 aromatic carbocycles. The van der Waals surface area contributed by atoms with Gasteiger partial charge in [0.25, 0.3) is 5.91 Å². The largest absolute Gasteiger partial charge is 0.436 e. The van der Waals surface area contributed by atoms with Crippen LogP contribution < -0.4 is 5.32 Å². The maximum atomic E-state index is 12.4. The molecule has 128 valence electrons. The summed E-state index contributed by atoms with van der Waals surface area (Å²) in [6.07, 6.45) is 1.54. The van der Waals surface area contributed by atoms with Crippen molar-refractivity contribution in [2.75, 3.05) is 5.32 Å². The zero-order valence-electron chi connectivity index (χ0n) is 13.9. The summed E-state index contributed by atoms with van der Waals surface area (Å²) in [6.45, 7) is 2.02. The highest BCUT2D eigenvalue weighted by molar-refractivity contribution is 6.33. The summed E-state index contributed by atoms with van der Waals surface area (Å²) in [7, 11) is 0. The zero-order valence-corrected chi connectivity index (χ0v) is 14.6. The van der Waals surface area contributed by atoms with Crippen LogP contribution in [0.2, 0.25) is 5.15 Å². The van der Waals surface area contributed by atoms with Crippen LogP contribution in [0, 0.1) is 6.92 Å². The molecule has 5 nitrogen and oxygen atoms in total. The molecular formula is C20H14ClN3O2. The quantitative estimate of drug-likeness (QED) is 0.514. The Balaban J connectivity index is 1.64. The number of rotatable bonds is 3. The highest BCUT2D eigenvalue weighted by atomic mass is 35.5. The van der Waals surface area contributed by atoms with Crippen LogP contribution in [-0.4, -0.2) is 15.9 Å². The molecule has 0 atom stereocenters. The number of nitrogens with one attached hydrogen (secondary N) is 1. The van der Waals surface area contributed by atoms with Crippen LogP contribution >= 0.6 is 11.6 Å². The number of benzene rings is 2. The van der Waals surface area contributed by atoms with E-state index in [1.54, 1.807) is 30.3 Å². The van der Waals surface area contributed by atoms with Gasteiger partial charge in [-0.05, 0) is 49.4 Å². The van der Waals surface area contributed by atoms with Crippen molar-refractivity contribution in [1.29, 1.82) is 0 Å². The molecule has 1 amide bonds. The molecule has 0 saturated heterocycles. The van der Waals surface area contributed by atoms with Crippen LogP contribution in [0.4, 0.5) is 5.69 Å². The number of anilines is 1. The van der Waals surface area contributed by atoms with Gasteiger partial charge in [-0.25, -0.2) is 9.97 Å².